The van der Waals surface area contributed by atoms with Crippen molar-refractivity contribution in [2.24, 2.45) is 7.05 Å². The van der Waals surface area contributed by atoms with Crippen molar-refractivity contribution < 1.29 is 4.79 Å². The predicted molar refractivity (Wildman–Crippen MR) is 112 cm³/mol. The second-order valence-electron chi connectivity index (χ2n) is 6.16. The van der Waals surface area contributed by atoms with E-state index < -0.39 is 0 Å². The van der Waals surface area contributed by atoms with Crippen molar-refractivity contribution in [1.29, 1.82) is 0 Å². The van der Waals surface area contributed by atoms with Crippen LogP contribution in [-0.2, 0) is 7.05 Å². The summed E-state index contributed by atoms with van der Waals surface area (Å²) in [5, 5.41) is 4.45. The average Bonchev–Trinajstić information content (AvgIpc) is 2.99. The highest BCUT2D eigenvalue weighted by molar-refractivity contribution is 6.30. The quantitative estimate of drug-likeness (QED) is 0.695. The van der Waals surface area contributed by atoms with Gasteiger partial charge in [0.25, 0.3) is 5.91 Å². The highest BCUT2D eigenvalue weighted by atomic mass is 35.5. The molecule has 0 radical (unpaired) electrons. The number of hydrogen-bond acceptors (Lipinski definition) is 3. The molecule has 0 unspecified atom stereocenters. The van der Waals surface area contributed by atoms with Gasteiger partial charge < -0.3 is 14.8 Å². The molecule has 0 bridgehead atoms. The van der Waals surface area contributed by atoms with Crippen LogP contribution in [-0.4, -0.2) is 22.5 Å². The number of benzene rings is 1. The lowest BCUT2D eigenvalue weighted by Crippen LogP contribution is -2.24. The molecule has 1 aromatic carbocycles. The Hall–Kier alpha value is -2.76. The molecule has 0 fully saturated rings. The number of pyridine rings is 1. The molecule has 2 heterocycles. The number of aromatic nitrogens is 2. The molecular formula is C20H18Cl2N4O. The number of aryl methyl sites for hydroxylation is 1. The van der Waals surface area contributed by atoms with Crippen molar-refractivity contribution in [3.63, 3.8) is 0 Å². The molecule has 1 aliphatic rings. The largest absolute Gasteiger partial charge is 0.350 e. The highest BCUT2D eigenvalue weighted by Gasteiger charge is 2.19. The van der Waals surface area contributed by atoms with E-state index in [4.69, 9.17) is 11.6 Å². The van der Waals surface area contributed by atoms with Gasteiger partial charge in [-0.1, -0.05) is 23.7 Å². The van der Waals surface area contributed by atoms with Gasteiger partial charge in [0, 0.05) is 48.3 Å². The summed E-state index contributed by atoms with van der Waals surface area (Å²) in [6, 6.07) is 9.56. The SMILES string of the molecule is CN(c1cccc(Cl)c1)c1ncc(C(=O)NC2=CC=C2)c2c1ccn2C.Cl. The minimum atomic E-state index is -0.170. The second-order valence-corrected chi connectivity index (χ2v) is 6.59. The van der Waals surface area contributed by atoms with E-state index in [1.165, 1.54) is 0 Å². The maximum atomic E-state index is 12.6. The summed E-state index contributed by atoms with van der Waals surface area (Å²) in [5.74, 6) is 0.596. The van der Waals surface area contributed by atoms with Gasteiger partial charge in [-0.15, -0.1) is 12.4 Å². The van der Waals surface area contributed by atoms with E-state index in [2.05, 4.69) is 10.3 Å². The Balaban J connectivity index is 0.00000210. The number of carbonyl (C=O) groups excluding carboxylic acids is 1. The highest BCUT2D eigenvalue weighted by Crippen LogP contribution is 2.32. The Morgan fingerprint density at radius 3 is 2.74 bits per heavy atom. The Morgan fingerprint density at radius 1 is 1.30 bits per heavy atom. The van der Waals surface area contributed by atoms with E-state index in [-0.39, 0.29) is 18.3 Å². The monoisotopic (exact) mass is 400 g/mol. The first-order valence-electron chi connectivity index (χ1n) is 8.17. The average molecular weight is 401 g/mol. The minimum Gasteiger partial charge on any atom is -0.350 e. The third kappa shape index (κ3) is 3.44. The van der Waals surface area contributed by atoms with Gasteiger partial charge in [0.15, 0.2) is 0 Å². The Morgan fingerprint density at radius 2 is 2.07 bits per heavy atom. The normalized spacial score (nSPS) is 12.2. The van der Waals surface area contributed by atoms with Crippen LogP contribution in [0.1, 0.15) is 10.4 Å². The summed E-state index contributed by atoms with van der Waals surface area (Å²) in [4.78, 5) is 19.2. The zero-order chi connectivity index (χ0) is 18.3. The second kappa shape index (κ2) is 7.47. The summed E-state index contributed by atoms with van der Waals surface area (Å²) in [6.45, 7) is 0. The van der Waals surface area contributed by atoms with Crippen LogP contribution >= 0.6 is 24.0 Å². The Labute approximate surface area is 168 Å². The molecular weight excluding hydrogens is 383 g/mol. The third-order valence-electron chi connectivity index (χ3n) is 4.45. The van der Waals surface area contributed by atoms with Crippen molar-refractivity contribution >= 4 is 52.3 Å². The number of hydrogen-bond donors (Lipinski definition) is 1. The molecule has 27 heavy (non-hydrogen) atoms. The molecule has 3 aromatic rings. The molecule has 5 nitrogen and oxygen atoms in total. The molecule has 2 aromatic heterocycles. The fraction of sp³-hybridized carbons (Fsp3) is 0.100. The molecule has 7 heteroatoms. The predicted octanol–water partition coefficient (Wildman–Crippen LogP) is 4.60. The maximum Gasteiger partial charge on any atom is 0.259 e. The molecule has 0 saturated heterocycles. The number of fused-ring (bicyclic) bond motifs is 1. The van der Waals surface area contributed by atoms with Gasteiger partial charge in [-0.2, -0.15) is 0 Å². The van der Waals surface area contributed by atoms with Gasteiger partial charge >= 0.3 is 0 Å². The van der Waals surface area contributed by atoms with Crippen LogP contribution in [0.4, 0.5) is 11.5 Å². The van der Waals surface area contributed by atoms with E-state index in [9.17, 15) is 4.79 Å². The van der Waals surface area contributed by atoms with Crippen LogP contribution in [0.3, 0.4) is 0 Å². The van der Waals surface area contributed by atoms with Crippen LogP contribution in [0, 0.1) is 0 Å². The van der Waals surface area contributed by atoms with Crippen molar-refractivity contribution in [3.05, 3.63) is 77.2 Å². The van der Waals surface area contributed by atoms with Crippen LogP contribution in [0.25, 0.3) is 10.9 Å². The number of nitrogens with zero attached hydrogens (tertiary/aromatic N) is 3. The number of halogens is 2. The van der Waals surface area contributed by atoms with Gasteiger partial charge in [0.2, 0.25) is 0 Å². The van der Waals surface area contributed by atoms with Gasteiger partial charge in [-0.3, -0.25) is 4.79 Å². The first-order valence-corrected chi connectivity index (χ1v) is 8.55. The first kappa shape index (κ1) is 19.0. The lowest BCUT2D eigenvalue weighted by atomic mass is 10.1. The molecule has 0 saturated carbocycles. The summed E-state index contributed by atoms with van der Waals surface area (Å²) >= 11 is 6.12. The molecule has 1 aliphatic carbocycles. The van der Waals surface area contributed by atoms with Crippen LogP contribution in [0.5, 0.6) is 0 Å². The Bertz CT molecular complexity index is 1080. The molecule has 138 valence electrons. The van der Waals surface area contributed by atoms with E-state index in [1.807, 2.05) is 78.3 Å². The van der Waals surface area contributed by atoms with E-state index >= 15 is 0 Å². The number of allylic oxidation sites excluding steroid dienone is 3. The van der Waals surface area contributed by atoms with E-state index in [1.54, 1.807) is 6.20 Å². The fourth-order valence-corrected chi connectivity index (χ4v) is 3.20. The van der Waals surface area contributed by atoms with Crippen molar-refractivity contribution in [3.8, 4) is 0 Å². The van der Waals surface area contributed by atoms with Crippen molar-refractivity contribution in [2.45, 2.75) is 0 Å². The van der Waals surface area contributed by atoms with Crippen molar-refractivity contribution in [1.82, 2.24) is 14.9 Å². The summed E-state index contributed by atoms with van der Waals surface area (Å²) in [5.41, 5.74) is 3.11. The zero-order valence-electron chi connectivity index (χ0n) is 14.8. The fourth-order valence-electron chi connectivity index (χ4n) is 3.02. The number of carbonyl (C=O) groups is 1. The van der Waals surface area contributed by atoms with Gasteiger partial charge in [-0.25, -0.2) is 4.98 Å². The van der Waals surface area contributed by atoms with Crippen LogP contribution in [0.2, 0.25) is 5.02 Å². The van der Waals surface area contributed by atoms with Crippen LogP contribution < -0.4 is 10.2 Å². The van der Waals surface area contributed by atoms with E-state index in [0.717, 1.165) is 28.1 Å². The molecule has 4 rings (SSSR count). The molecule has 0 aliphatic heterocycles. The number of rotatable bonds is 4. The topological polar surface area (TPSA) is 50.2 Å². The molecule has 1 N–H and O–H groups in total. The van der Waals surface area contributed by atoms with Gasteiger partial charge in [0.1, 0.15) is 5.82 Å². The number of anilines is 2. The summed E-state index contributed by atoms with van der Waals surface area (Å²) in [6.07, 6.45) is 9.15. The minimum absolute atomic E-state index is 0. The standard InChI is InChI=1S/C20H17ClN4O.ClH/c1-24-10-9-16-18(24)17(20(26)23-14-6-4-7-14)12-22-19(16)25(2)15-8-3-5-13(21)11-15;/h3-12H,1-2H3,(H,23,26);1H. The Kier molecular flexibility index (Phi) is 5.26. The van der Waals surface area contributed by atoms with Gasteiger partial charge in [0.05, 0.1) is 11.1 Å². The summed E-state index contributed by atoms with van der Waals surface area (Å²) < 4.78 is 1.94. The molecule has 1 amide bonds. The van der Waals surface area contributed by atoms with Gasteiger partial charge in [-0.05, 0) is 36.4 Å². The molecule has 0 atom stereocenters. The molecule has 0 spiro atoms. The zero-order valence-corrected chi connectivity index (χ0v) is 16.4. The van der Waals surface area contributed by atoms with E-state index in [0.29, 0.717) is 10.6 Å². The first-order chi connectivity index (χ1) is 12.5. The third-order valence-corrected chi connectivity index (χ3v) is 4.69. The van der Waals surface area contributed by atoms with Crippen molar-refractivity contribution in [2.75, 3.05) is 11.9 Å². The smallest absolute Gasteiger partial charge is 0.259 e. The lowest BCUT2D eigenvalue weighted by Gasteiger charge is -2.20. The maximum absolute atomic E-state index is 12.6. The number of nitrogens with one attached hydrogen (secondary N) is 1. The van der Waals surface area contributed by atoms with Crippen LogP contribution in [0.15, 0.2) is 66.7 Å². The number of amides is 1. The summed E-state index contributed by atoms with van der Waals surface area (Å²) in [7, 11) is 3.86. The lowest BCUT2D eigenvalue weighted by molar-refractivity contribution is 0.0968.